The molecule has 2 aromatic carbocycles. The van der Waals surface area contributed by atoms with E-state index in [0.717, 1.165) is 18.5 Å². The summed E-state index contributed by atoms with van der Waals surface area (Å²) in [7, 11) is 0. The lowest BCUT2D eigenvalue weighted by Gasteiger charge is -2.16. The number of benzene rings is 2. The minimum Gasteiger partial charge on any atom is -0.489 e. The SMILES string of the molecule is Cl.N[C@@H]1CCN(C(=O)c2cccc(OCc3ccccc3)c2)C1. The molecule has 0 radical (unpaired) electrons. The van der Waals surface area contributed by atoms with Crippen molar-refractivity contribution in [3.63, 3.8) is 0 Å². The fourth-order valence-electron chi connectivity index (χ4n) is 2.61. The van der Waals surface area contributed by atoms with Crippen LogP contribution in [0.2, 0.25) is 0 Å². The first-order valence-electron chi connectivity index (χ1n) is 7.54. The van der Waals surface area contributed by atoms with Crippen molar-refractivity contribution in [2.75, 3.05) is 13.1 Å². The van der Waals surface area contributed by atoms with Gasteiger partial charge in [0.25, 0.3) is 5.91 Å². The number of ether oxygens (including phenoxy) is 1. The molecule has 1 aliphatic rings. The highest BCUT2D eigenvalue weighted by atomic mass is 35.5. The number of carbonyl (C=O) groups excluding carboxylic acids is 1. The van der Waals surface area contributed by atoms with E-state index in [-0.39, 0.29) is 24.4 Å². The van der Waals surface area contributed by atoms with Gasteiger partial charge in [-0.25, -0.2) is 0 Å². The van der Waals surface area contributed by atoms with Crippen LogP contribution in [0, 0.1) is 0 Å². The minimum atomic E-state index is 0. The lowest BCUT2D eigenvalue weighted by molar-refractivity contribution is 0.0790. The molecular weight excluding hydrogens is 312 g/mol. The third kappa shape index (κ3) is 4.47. The van der Waals surface area contributed by atoms with E-state index < -0.39 is 0 Å². The Bertz CT molecular complexity index is 648. The van der Waals surface area contributed by atoms with Gasteiger partial charge in [0.15, 0.2) is 0 Å². The zero-order valence-electron chi connectivity index (χ0n) is 12.9. The van der Waals surface area contributed by atoms with E-state index in [1.54, 1.807) is 11.0 Å². The lowest BCUT2D eigenvalue weighted by Crippen LogP contribution is -2.31. The van der Waals surface area contributed by atoms with Gasteiger partial charge in [0, 0.05) is 24.7 Å². The van der Waals surface area contributed by atoms with Crippen LogP contribution >= 0.6 is 12.4 Å². The molecule has 0 unspecified atom stereocenters. The van der Waals surface area contributed by atoms with Gasteiger partial charge >= 0.3 is 0 Å². The molecule has 5 heteroatoms. The van der Waals surface area contributed by atoms with E-state index in [9.17, 15) is 4.79 Å². The molecule has 0 spiro atoms. The van der Waals surface area contributed by atoms with Crippen LogP contribution < -0.4 is 10.5 Å². The van der Waals surface area contributed by atoms with E-state index in [1.807, 2.05) is 48.5 Å². The molecule has 1 heterocycles. The first-order valence-corrected chi connectivity index (χ1v) is 7.54. The fourth-order valence-corrected chi connectivity index (χ4v) is 2.61. The normalized spacial score (nSPS) is 16.7. The largest absolute Gasteiger partial charge is 0.489 e. The van der Waals surface area contributed by atoms with Gasteiger partial charge in [0.2, 0.25) is 0 Å². The smallest absolute Gasteiger partial charge is 0.254 e. The van der Waals surface area contributed by atoms with Crippen molar-refractivity contribution in [2.45, 2.75) is 19.1 Å². The van der Waals surface area contributed by atoms with Crippen LogP contribution in [-0.4, -0.2) is 29.9 Å². The summed E-state index contributed by atoms with van der Waals surface area (Å²) in [5.41, 5.74) is 7.62. The van der Waals surface area contributed by atoms with Crippen molar-refractivity contribution in [1.82, 2.24) is 4.90 Å². The average molecular weight is 333 g/mol. The van der Waals surface area contributed by atoms with Gasteiger partial charge in [0.05, 0.1) is 0 Å². The van der Waals surface area contributed by atoms with Crippen LogP contribution in [0.4, 0.5) is 0 Å². The Kier molecular flexibility index (Phi) is 6.02. The summed E-state index contributed by atoms with van der Waals surface area (Å²) in [4.78, 5) is 14.2. The molecule has 2 aromatic rings. The molecule has 2 N–H and O–H groups in total. The number of nitrogens with two attached hydrogens (primary N) is 1. The lowest BCUT2D eigenvalue weighted by atomic mass is 10.2. The zero-order valence-corrected chi connectivity index (χ0v) is 13.7. The van der Waals surface area contributed by atoms with Gasteiger partial charge in [-0.2, -0.15) is 0 Å². The Morgan fingerprint density at radius 2 is 1.96 bits per heavy atom. The number of likely N-dealkylation sites (tertiary alicyclic amines) is 1. The maximum absolute atomic E-state index is 12.4. The number of hydrogen-bond donors (Lipinski definition) is 1. The monoisotopic (exact) mass is 332 g/mol. The molecule has 1 aliphatic heterocycles. The van der Waals surface area contributed by atoms with Crippen molar-refractivity contribution >= 4 is 18.3 Å². The molecule has 1 saturated heterocycles. The predicted octanol–water partition coefficient (Wildman–Crippen LogP) is 2.86. The van der Waals surface area contributed by atoms with Crippen molar-refractivity contribution in [3.8, 4) is 5.75 Å². The van der Waals surface area contributed by atoms with Crippen molar-refractivity contribution in [1.29, 1.82) is 0 Å². The van der Waals surface area contributed by atoms with Gasteiger partial charge < -0.3 is 15.4 Å². The van der Waals surface area contributed by atoms with E-state index in [2.05, 4.69) is 0 Å². The highest BCUT2D eigenvalue weighted by molar-refractivity contribution is 5.94. The minimum absolute atomic E-state index is 0. The summed E-state index contributed by atoms with van der Waals surface area (Å²) in [5.74, 6) is 0.733. The second-order valence-corrected chi connectivity index (χ2v) is 5.60. The number of rotatable bonds is 4. The number of carbonyl (C=O) groups is 1. The van der Waals surface area contributed by atoms with Gasteiger partial charge in [-0.05, 0) is 30.2 Å². The zero-order chi connectivity index (χ0) is 15.4. The highest BCUT2D eigenvalue weighted by Crippen LogP contribution is 2.18. The first kappa shape index (κ1) is 17.3. The van der Waals surface area contributed by atoms with Crippen molar-refractivity contribution < 1.29 is 9.53 Å². The maximum atomic E-state index is 12.4. The molecule has 1 amide bonds. The molecule has 0 aliphatic carbocycles. The second kappa shape index (κ2) is 7.99. The summed E-state index contributed by atoms with van der Waals surface area (Å²) in [6.07, 6.45) is 0.871. The van der Waals surface area contributed by atoms with Gasteiger partial charge in [-0.15, -0.1) is 12.4 Å². The topological polar surface area (TPSA) is 55.6 Å². The number of hydrogen-bond acceptors (Lipinski definition) is 3. The Morgan fingerprint density at radius 3 is 2.65 bits per heavy atom. The van der Waals surface area contributed by atoms with Crippen LogP contribution in [0.5, 0.6) is 5.75 Å². The standard InChI is InChI=1S/C18H20N2O2.ClH/c19-16-9-10-20(12-16)18(21)15-7-4-8-17(11-15)22-13-14-5-2-1-3-6-14;/h1-8,11,16H,9-10,12-13,19H2;1H/t16-;/m1./s1. The van der Waals surface area contributed by atoms with E-state index >= 15 is 0 Å². The first-order chi connectivity index (χ1) is 10.7. The fraction of sp³-hybridized carbons (Fsp3) is 0.278. The summed E-state index contributed by atoms with van der Waals surface area (Å²) in [6, 6.07) is 17.4. The molecule has 23 heavy (non-hydrogen) atoms. The third-order valence-electron chi connectivity index (χ3n) is 3.84. The van der Waals surface area contributed by atoms with Crippen molar-refractivity contribution in [3.05, 3.63) is 65.7 Å². The van der Waals surface area contributed by atoms with Crippen LogP contribution in [-0.2, 0) is 6.61 Å². The van der Waals surface area contributed by atoms with Crippen LogP contribution in [0.1, 0.15) is 22.3 Å². The Hall–Kier alpha value is -2.04. The number of nitrogens with zero attached hydrogens (tertiary/aromatic N) is 1. The average Bonchev–Trinajstić information content (AvgIpc) is 3.00. The van der Waals surface area contributed by atoms with E-state index in [4.69, 9.17) is 10.5 Å². The summed E-state index contributed by atoms with van der Waals surface area (Å²) >= 11 is 0. The second-order valence-electron chi connectivity index (χ2n) is 5.60. The van der Waals surface area contributed by atoms with Crippen LogP contribution in [0.25, 0.3) is 0 Å². The molecule has 1 fully saturated rings. The molecular formula is C18H21ClN2O2. The summed E-state index contributed by atoms with van der Waals surface area (Å²) < 4.78 is 5.77. The van der Waals surface area contributed by atoms with E-state index in [1.165, 1.54) is 0 Å². The Labute approximate surface area is 142 Å². The van der Waals surface area contributed by atoms with Crippen molar-refractivity contribution in [2.24, 2.45) is 5.73 Å². The van der Waals surface area contributed by atoms with Gasteiger partial charge in [0.1, 0.15) is 12.4 Å². The van der Waals surface area contributed by atoms with Gasteiger partial charge in [-0.1, -0.05) is 36.4 Å². The Balaban J connectivity index is 0.00000192. The molecule has 1 atom stereocenters. The molecule has 122 valence electrons. The number of amides is 1. The molecule has 0 aromatic heterocycles. The van der Waals surface area contributed by atoms with Gasteiger partial charge in [-0.3, -0.25) is 4.79 Å². The maximum Gasteiger partial charge on any atom is 0.254 e. The highest BCUT2D eigenvalue weighted by Gasteiger charge is 2.24. The van der Waals surface area contributed by atoms with Crippen LogP contribution in [0.3, 0.4) is 0 Å². The summed E-state index contributed by atoms with van der Waals surface area (Å²) in [6.45, 7) is 1.86. The number of halogens is 1. The van der Waals surface area contributed by atoms with E-state index in [0.29, 0.717) is 24.5 Å². The molecule has 4 nitrogen and oxygen atoms in total. The van der Waals surface area contributed by atoms with Crippen LogP contribution in [0.15, 0.2) is 54.6 Å². The quantitative estimate of drug-likeness (QED) is 0.936. The third-order valence-corrected chi connectivity index (χ3v) is 3.84. The molecule has 3 rings (SSSR count). The Morgan fingerprint density at radius 1 is 1.17 bits per heavy atom. The molecule has 0 saturated carbocycles. The molecule has 0 bridgehead atoms. The predicted molar refractivity (Wildman–Crippen MR) is 93.0 cm³/mol. The summed E-state index contributed by atoms with van der Waals surface area (Å²) in [5, 5.41) is 0.